The van der Waals surface area contributed by atoms with Crippen LogP contribution in [0.2, 0.25) is 0 Å². The molecule has 300 valence electrons. The van der Waals surface area contributed by atoms with Gasteiger partial charge in [0.2, 0.25) is 29.2 Å². The lowest BCUT2D eigenvalue weighted by Crippen LogP contribution is -2.47. The summed E-state index contributed by atoms with van der Waals surface area (Å²) in [5, 5.41) is 8.45. The van der Waals surface area contributed by atoms with Crippen LogP contribution in [-0.2, 0) is 39.8 Å². The third-order valence-electron chi connectivity index (χ3n) is 9.41. The Balaban J connectivity index is 1.52. The number of halogens is 5. The van der Waals surface area contributed by atoms with Crippen molar-refractivity contribution in [3.63, 3.8) is 0 Å². The van der Waals surface area contributed by atoms with Gasteiger partial charge in [-0.2, -0.15) is 29.0 Å². The molecule has 2 atom stereocenters. The second-order valence-corrected chi connectivity index (χ2v) is 14.1. The summed E-state index contributed by atoms with van der Waals surface area (Å²) in [7, 11) is 2.69. The van der Waals surface area contributed by atoms with E-state index < -0.39 is 59.7 Å². The molecule has 4 amide bonds. The standard InChI is InChI=1S/C36H37BrF4N12O4/c1-7-51-26(11-17(3)46-51)32(56)44-34-49(6)25-15-20(31(43)55)13-21(37)28(25)50(34)16-22(38)29(39)36(40,41)53-23-10-9-19(30(42)54)14-24(23)48(5)35(53)45-33(57)27-12-18(4)47-52(27)8-2/h9-15,22,29H,7-8,16H2,1-6H3,(H2,42,54)(H2,43,55)/b44-34+,45-35+. The van der Waals surface area contributed by atoms with Gasteiger partial charge in [-0.1, -0.05) is 0 Å². The van der Waals surface area contributed by atoms with Crippen LogP contribution in [0.1, 0.15) is 66.9 Å². The van der Waals surface area contributed by atoms with Crippen molar-refractivity contribution in [2.45, 2.75) is 65.7 Å². The highest BCUT2D eigenvalue weighted by atomic mass is 79.9. The van der Waals surface area contributed by atoms with Crippen molar-refractivity contribution >= 4 is 61.6 Å². The zero-order valence-electron chi connectivity index (χ0n) is 31.5. The normalized spacial score (nSPS) is 13.9. The first-order chi connectivity index (χ1) is 26.8. The highest BCUT2D eigenvalue weighted by Gasteiger charge is 2.50. The van der Waals surface area contributed by atoms with E-state index in [4.69, 9.17) is 11.5 Å². The zero-order chi connectivity index (χ0) is 41.8. The van der Waals surface area contributed by atoms with E-state index in [9.17, 15) is 19.2 Å². The maximum atomic E-state index is 16.8. The number of hydrogen-bond donors (Lipinski definition) is 2. The molecule has 0 bridgehead atoms. The number of rotatable bonds is 11. The van der Waals surface area contributed by atoms with Crippen LogP contribution >= 0.6 is 15.9 Å². The molecule has 0 aliphatic carbocycles. The van der Waals surface area contributed by atoms with Crippen LogP contribution in [0.5, 0.6) is 0 Å². The molecule has 0 fully saturated rings. The topological polar surface area (TPSA) is 200 Å². The molecule has 4 aromatic heterocycles. The summed E-state index contributed by atoms with van der Waals surface area (Å²) in [5.41, 5.74) is 10.6. The molecule has 0 saturated carbocycles. The minimum atomic E-state index is -4.76. The first-order valence-electron chi connectivity index (χ1n) is 17.4. The van der Waals surface area contributed by atoms with Gasteiger partial charge < -0.3 is 25.2 Å². The molecule has 0 spiro atoms. The molecule has 0 aliphatic rings. The third-order valence-corrected chi connectivity index (χ3v) is 10.0. The second-order valence-electron chi connectivity index (χ2n) is 13.2. The Morgan fingerprint density at radius 2 is 1.28 bits per heavy atom. The quantitative estimate of drug-likeness (QED) is 0.186. The Morgan fingerprint density at radius 3 is 1.81 bits per heavy atom. The number of aryl methyl sites for hydroxylation is 6. The SMILES string of the molecule is CCn1nc(C)cc1C(=O)/N=c1\n(C)c2cc(C(N)=O)cc(Br)c2n1CC(F)C(F)C(F)(F)n1/c(=N/C(=O)c2cc(C)nn2CC)n(C)c2cc(C(N)=O)ccc21. The summed E-state index contributed by atoms with van der Waals surface area (Å²) < 4.78 is 73.0. The number of primary amides is 2. The Labute approximate surface area is 328 Å². The van der Waals surface area contributed by atoms with Gasteiger partial charge in [-0.3, -0.25) is 28.5 Å². The number of aromatic nitrogens is 8. The summed E-state index contributed by atoms with van der Waals surface area (Å²) in [5.74, 6) is -3.54. The number of benzene rings is 2. The zero-order valence-corrected chi connectivity index (χ0v) is 33.1. The third kappa shape index (κ3) is 7.10. The number of hydrogen-bond acceptors (Lipinski definition) is 6. The molecule has 57 heavy (non-hydrogen) atoms. The van der Waals surface area contributed by atoms with E-state index in [2.05, 4.69) is 36.1 Å². The molecule has 0 saturated heterocycles. The van der Waals surface area contributed by atoms with E-state index in [1.54, 1.807) is 27.7 Å². The molecule has 0 aliphatic heterocycles. The van der Waals surface area contributed by atoms with Crippen LogP contribution in [0.4, 0.5) is 17.6 Å². The van der Waals surface area contributed by atoms with E-state index in [0.717, 1.165) is 27.3 Å². The van der Waals surface area contributed by atoms with E-state index in [1.165, 1.54) is 52.3 Å². The first-order valence-corrected chi connectivity index (χ1v) is 18.2. The van der Waals surface area contributed by atoms with Crippen LogP contribution in [0.15, 0.2) is 56.9 Å². The molecule has 4 N–H and O–H groups in total. The van der Waals surface area contributed by atoms with Gasteiger partial charge >= 0.3 is 6.05 Å². The fraction of sp³-hybridized carbons (Fsp3) is 0.333. The van der Waals surface area contributed by atoms with Gasteiger partial charge in [-0.15, -0.1) is 0 Å². The van der Waals surface area contributed by atoms with Gasteiger partial charge in [0.25, 0.3) is 11.8 Å². The minimum absolute atomic E-state index is 0.0150. The van der Waals surface area contributed by atoms with Gasteiger partial charge in [-0.25, -0.2) is 13.3 Å². The van der Waals surface area contributed by atoms with Gasteiger partial charge in [-0.05, 0) is 86.1 Å². The maximum Gasteiger partial charge on any atom is 0.366 e. The van der Waals surface area contributed by atoms with Crippen molar-refractivity contribution in [1.82, 2.24) is 37.8 Å². The number of nitrogens with two attached hydrogens (primary N) is 2. The van der Waals surface area contributed by atoms with Crippen molar-refractivity contribution in [2.24, 2.45) is 35.5 Å². The molecule has 6 rings (SSSR count). The maximum absolute atomic E-state index is 16.8. The van der Waals surface area contributed by atoms with E-state index >= 15 is 17.6 Å². The molecule has 6 aromatic rings. The fourth-order valence-electron chi connectivity index (χ4n) is 6.69. The Bertz CT molecular complexity index is 2790. The summed E-state index contributed by atoms with van der Waals surface area (Å²) >= 11 is 3.33. The van der Waals surface area contributed by atoms with E-state index in [1.807, 2.05) is 0 Å². The van der Waals surface area contributed by atoms with Crippen molar-refractivity contribution in [3.05, 3.63) is 92.1 Å². The Morgan fingerprint density at radius 1 is 0.772 bits per heavy atom. The van der Waals surface area contributed by atoms with Crippen LogP contribution in [-0.4, -0.2) is 73.8 Å². The van der Waals surface area contributed by atoms with E-state index in [-0.39, 0.29) is 60.3 Å². The molecule has 21 heteroatoms. The fourth-order valence-corrected chi connectivity index (χ4v) is 7.35. The number of nitrogens with zero attached hydrogens (tertiary/aromatic N) is 10. The molecule has 2 aromatic carbocycles. The van der Waals surface area contributed by atoms with Gasteiger partial charge in [0.15, 0.2) is 6.17 Å². The second kappa shape index (κ2) is 15.1. The number of alkyl halides is 4. The number of carbonyl (C=O) groups excluding carboxylic acids is 4. The van der Waals surface area contributed by atoms with Gasteiger partial charge in [0.05, 0.1) is 40.0 Å². The summed E-state index contributed by atoms with van der Waals surface area (Å²) in [4.78, 5) is 59.4. The van der Waals surface area contributed by atoms with Crippen LogP contribution in [0.3, 0.4) is 0 Å². The number of amides is 4. The molecular formula is C36H37BrF4N12O4. The lowest BCUT2D eigenvalue weighted by molar-refractivity contribution is -0.165. The summed E-state index contributed by atoms with van der Waals surface area (Å²) in [6, 6.07) is 4.11. The summed E-state index contributed by atoms with van der Waals surface area (Å²) in [6.45, 7) is 6.15. The first kappa shape index (κ1) is 40.5. The van der Waals surface area contributed by atoms with Crippen LogP contribution in [0, 0.1) is 13.8 Å². The highest BCUT2D eigenvalue weighted by molar-refractivity contribution is 9.10. The smallest absolute Gasteiger partial charge is 0.366 e. The number of carbonyl (C=O) groups is 4. The number of fused-ring (bicyclic) bond motifs is 2. The van der Waals surface area contributed by atoms with Crippen molar-refractivity contribution in [1.29, 1.82) is 0 Å². The predicted octanol–water partition coefficient (Wildman–Crippen LogP) is 3.69. The Hall–Kier alpha value is -6.12. The number of imidazole rings is 2. The van der Waals surface area contributed by atoms with Crippen LogP contribution < -0.4 is 22.7 Å². The predicted molar refractivity (Wildman–Crippen MR) is 202 cm³/mol. The van der Waals surface area contributed by atoms with Gasteiger partial charge in [0.1, 0.15) is 11.4 Å². The molecule has 2 unspecified atom stereocenters. The largest absolute Gasteiger partial charge is 0.366 e. The molecule has 16 nitrogen and oxygen atoms in total. The lowest BCUT2D eigenvalue weighted by atomic mass is 10.1. The molecule has 0 radical (unpaired) electrons. The van der Waals surface area contributed by atoms with Gasteiger partial charge in [0, 0.05) is 42.8 Å². The van der Waals surface area contributed by atoms with Crippen molar-refractivity contribution in [2.75, 3.05) is 0 Å². The average molecular weight is 858 g/mol. The Kier molecular flexibility index (Phi) is 10.7. The molecular weight excluding hydrogens is 820 g/mol. The lowest BCUT2D eigenvalue weighted by Gasteiger charge is -2.25. The van der Waals surface area contributed by atoms with Crippen LogP contribution in [0.25, 0.3) is 22.1 Å². The minimum Gasteiger partial charge on any atom is -0.366 e. The van der Waals surface area contributed by atoms with Crippen molar-refractivity contribution < 1.29 is 36.7 Å². The van der Waals surface area contributed by atoms with E-state index in [0.29, 0.717) is 17.9 Å². The summed E-state index contributed by atoms with van der Waals surface area (Å²) in [6.07, 6.45) is -6.65. The molecule has 4 heterocycles. The highest BCUT2D eigenvalue weighted by Crippen LogP contribution is 2.35. The average Bonchev–Trinajstić information content (AvgIpc) is 3.89. The monoisotopic (exact) mass is 856 g/mol. The van der Waals surface area contributed by atoms with Crippen molar-refractivity contribution in [3.8, 4) is 0 Å².